The fourth-order valence-corrected chi connectivity index (χ4v) is 6.55. The maximum absolute atomic E-state index is 6.68. The van der Waals surface area contributed by atoms with Gasteiger partial charge in [-0.3, -0.25) is 0 Å². The van der Waals surface area contributed by atoms with Gasteiger partial charge in [-0.05, 0) is 56.9 Å². The molecule has 0 spiro atoms. The summed E-state index contributed by atoms with van der Waals surface area (Å²) in [5.74, 6) is 1.46. The summed E-state index contributed by atoms with van der Waals surface area (Å²) in [4.78, 5) is 10.3. The Hall–Kier alpha value is -6.00. The monoisotopic (exact) mass is 577 g/mol. The van der Waals surface area contributed by atoms with Gasteiger partial charge >= 0.3 is 0 Å². The molecule has 0 amide bonds. The highest BCUT2D eigenvalue weighted by Crippen LogP contribution is 2.40. The van der Waals surface area contributed by atoms with Gasteiger partial charge in [0.2, 0.25) is 0 Å². The van der Waals surface area contributed by atoms with Gasteiger partial charge in [-0.25, -0.2) is 9.98 Å². The number of furan rings is 1. The van der Waals surface area contributed by atoms with E-state index in [1.807, 2.05) is 18.2 Å². The lowest BCUT2D eigenvalue weighted by molar-refractivity contribution is 0.668. The van der Waals surface area contributed by atoms with Crippen LogP contribution in [-0.4, -0.2) is 11.7 Å². The van der Waals surface area contributed by atoms with Gasteiger partial charge in [-0.2, -0.15) is 0 Å². The molecule has 0 aliphatic carbocycles. The Kier molecular flexibility index (Phi) is 5.85. The molecule has 1 aliphatic heterocycles. The minimum atomic E-state index is -0.300. The van der Waals surface area contributed by atoms with Gasteiger partial charge in [0.1, 0.15) is 23.2 Å². The number of nitrogens with one attached hydrogen (secondary N) is 1. The van der Waals surface area contributed by atoms with Crippen molar-refractivity contribution < 1.29 is 4.42 Å². The van der Waals surface area contributed by atoms with Gasteiger partial charge < -0.3 is 9.73 Å². The van der Waals surface area contributed by atoms with Crippen molar-refractivity contribution in [2.24, 2.45) is 9.98 Å². The molecule has 0 radical (unpaired) electrons. The topological polar surface area (TPSA) is 49.9 Å². The number of aliphatic imine (C=N–C) groups is 2. The quantitative estimate of drug-likeness (QED) is 0.226. The van der Waals surface area contributed by atoms with E-state index in [9.17, 15) is 0 Å². The molecule has 0 saturated heterocycles. The molecule has 1 N–H and O–H groups in total. The van der Waals surface area contributed by atoms with Crippen LogP contribution in [0, 0.1) is 0 Å². The predicted octanol–water partition coefficient (Wildman–Crippen LogP) is 10.1. The number of nitrogens with zero attached hydrogens (tertiary/aromatic N) is 2. The summed E-state index contributed by atoms with van der Waals surface area (Å²) in [5, 5.41) is 10.5. The van der Waals surface area contributed by atoms with Crippen LogP contribution < -0.4 is 5.32 Å². The lowest BCUT2D eigenvalue weighted by Gasteiger charge is -2.24. The Morgan fingerprint density at radius 1 is 0.533 bits per heavy atom. The van der Waals surface area contributed by atoms with Crippen molar-refractivity contribution in [3.63, 3.8) is 0 Å². The second-order valence-electron chi connectivity index (χ2n) is 11.4. The first-order chi connectivity index (χ1) is 22.3. The summed E-state index contributed by atoms with van der Waals surface area (Å²) in [6.07, 6.45) is -0.300. The van der Waals surface area contributed by atoms with Gasteiger partial charge in [0.25, 0.3) is 0 Å². The summed E-state index contributed by atoms with van der Waals surface area (Å²) in [6.45, 7) is 0. The standard InChI is InChI=1S/C41H27N3O/c1-2-13-28(14-3-1)39-42-40(30-22-21-26-11-4-5-15-29(26)25-30)44-41(43-39)35-24-23-33(32-19-10-16-27-12-6-7-17-31(27)32)38-37(35)34-18-8-9-20-36(34)45-38/h1-25,39H,(H,42,43,44). The lowest BCUT2D eigenvalue weighted by Crippen LogP contribution is -2.33. The van der Waals surface area contributed by atoms with E-state index in [1.165, 1.54) is 16.2 Å². The highest BCUT2D eigenvalue weighted by Gasteiger charge is 2.25. The van der Waals surface area contributed by atoms with Gasteiger partial charge in [0.05, 0.1) is 0 Å². The van der Waals surface area contributed by atoms with Crippen LogP contribution >= 0.6 is 0 Å². The molecule has 0 saturated carbocycles. The zero-order chi connectivity index (χ0) is 29.7. The van der Waals surface area contributed by atoms with Crippen molar-refractivity contribution in [1.82, 2.24) is 5.32 Å². The molecule has 1 aromatic heterocycles. The third-order valence-electron chi connectivity index (χ3n) is 8.73. The Morgan fingerprint density at radius 2 is 1.24 bits per heavy atom. The second-order valence-corrected chi connectivity index (χ2v) is 11.4. The minimum absolute atomic E-state index is 0.300. The highest BCUT2D eigenvalue weighted by atomic mass is 16.3. The van der Waals surface area contributed by atoms with E-state index < -0.39 is 0 Å². The Morgan fingerprint density at radius 3 is 2.13 bits per heavy atom. The molecule has 2 heterocycles. The summed E-state index contributed by atoms with van der Waals surface area (Å²) < 4.78 is 6.68. The SMILES string of the molecule is c1ccc(C2N=C(c3ccc4ccccc4c3)N=C(c3ccc(-c4cccc5ccccc45)c4oc5ccccc5c34)N2)cc1. The third kappa shape index (κ3) is 4.30. The third-order valence-corrected chi connectivity index (χ3v) is 8.73. The van der Waals surface area contributed by atoms with Crippen LogP contribution in [0.15, 0.2) is 166 Å². The Balaban J connectivity index is 1.28. The van der Waals surface area contributed by atoms with E-state index >= 15 is 0 Å². The normalized spacial score (nSPS) is 14.9. The number of amidine groups is 2. The molecule has 212 valence electrons. The molecular formula is C41H27N3O. The maximum atomic E-state index is 6.68. The average Bonchev–Trinajstić information content (AvgIpc) is 3.51. The Labute approximate surface area is 260 Å². The molecule has 7 aromatic carbocycles. The number of hydrogen-bond acceptors (Lipinski definition) is 4. The molecule has 0 fully saturated rings. The molecule has 1 unspecified atom stereocenters. The van der Waals surface area contributed by atoms with Crippen LogP contribution in [0.4, 0.5) is 0 Å². The van der Waals surface area contributed by atoms with Crippen molar-refractivity contribution >= 4 is 55.2 Å². The molecule has 4 heteroatoms. The van der Waals surface area contributed by atoms with Crippen LogP contribution in [0.2, 0.25) is 0 Å². The van der Waals surface area contributed by atoms with Gasteiger partial charge in [0, 0.05) is 27.5 Å². The number of benzene rings is 7. The first kappa shape index (κ1) is 25.5. The summed E-state index contributed by atoms with van der Waals surface area (Å²) in [5.41, 5.74) is 6.93. The average molecular weight is 578 g/mol. The Bertz CT molecular complexity index is 2470. The predicted molar refractivity (Wildman–Crippen MR) is 186 cm³/mol. The molecule has 1 aliphatic rings. The van der Waals surface area contributed by atoms with Crippen molar-refractivity contribution in [2.75, 3.05) is 0 Å². The van der Waals surface area contributed by atoms with E-state index in [0.717, 1.165) is 61.0 Å². The van der Waals surface area contributed by atoms with Gasteiger partial charge in [0.15, 0.2) is 5.84 Å². The van der Waals surface area contributed by atoms with Crippen LogP contribution in [-0.2, 0) is 0 Å². The molecule has 4 nitrogen and oxygen atoms in total. The molecule has 8 aromatic rings. The van der Waals surface area contributed by atoms with Crippen LogP contribution in [0.5, 0.6) is 0 Å². The van der Waals surface area contributed by atoms with E-state index in [0.29, 0.717) is 5.84 Å². The molecule has 0 bridgehead atoms. The van der Waals surface area contributed by atoms with Crippen molar-refractivity contribution in [3.05, 3.63) is 168 Å². The van der Waals surface area contributed by atoms with Gasteiger partial charge in [-0.15, -0.1) is 0 Å². The second kappa shape index (κ2) is 10.3. The first-order valence-electron chi connectivity index (χ1n) is 15.2. The van der Waals surface area contributed by atoms with E-state index in [-0.39, 0.29) is 6.17 Å². The smallest absolute Gasteiger partial charge is 0.159 e. The molecular weight excluding hydrogens is 550 g/mol. The zero-order valence-electron chi connectivity index (χ0n) is 24.3. The molecule has 9 rings (SSSR count). The number of fused-ring (bicyclic) bond motifs is 5. The number of rotatable bonds is 4. The van der Waals surface area contributed by atoms with E-state index in [4.69, 9.17) is 14.4 Å². The largest absolute Gasteiger partial charge is 0.455 e. The highest BCUT2D eigenvalue weighted by molar-refractivity contribution is 6.24. The molecule has 1 atom stereocenters. The number of para-hydroxylation sites is 1. The summed E-state index contributed by atoms with van der Waals surface area (Å²) >= 11 is 0. The van der Waals surface area contributed by atoms with Gasteiger partial charge in [-0.1, -0.05) is 127 Å². The van der Waals surface area contributed by atoms with E-state index in [1.54, 1.807) is 0 Å². The summed E-state index contributed by atoms with van der Waals surface area (Å²) in [6, 6.07) is 52.7. The fourth-order valence-electron chi connectivity index (χ4n) is 6.55. The molecule has 45 heavy (non-hydrogen) atoms. The minimum Gasteiger partial charge on any atom is -0.455 e. The van der Waals surface area contributed by atoms with Crippen molar-refractivity contribution in [3.8, 4) is 11.1 Å². The first-order valence-corrected chi connectivity index (χ1v) is 15.2. The lowest BCUT2D eigenvalue weighted by atomic mass is 9.94. The zero-order valence-corrected chi connectivity index (χ0v) is 24.3. The summed E-state index contributed by atoms with van der Waals surface area (Å²) in [7, 11) is 0. The van der Waals surface area contributed by atoms with Crippen LogP contribution in [0.1, 0.15) is 22.9 Å². The van der Waals surface area contributed by atoms with Crippen LogP contribution in [0.3, 0.4) is 0 Å². The maximum Gasteiger partial charge on any atom is 0.159 e. The van der Waals surface area contributed by atoms with E-state index in [2.05, 4.69) is 139 Å². The van der Waals surface area contributed by atoms with Crippen LogP contribution in [0.25, 0.3) is 54.6 Å². The van der Waals surface area contributed by atoms with Crippen molar-refractivity contribution in [2.45, 2.75) is 6.17 Å². The number of hydrogen-bond donors (Lipinski definition) is 1. The fraction of sp³-hybridized carbons (Fsp3) is 0.0244. The van der Waals surface area contributed by atoms with Crippen molar-refractivity contribution in [1.29, 1.82) is 0 Å².